The standard InChI is InChI=1S/C30H22F3N3O4/c31-21-8-4-18(5-9-21)17-36-26(29(38)34-24-14-12-23(33)13-15-24)27(40-30(36)39)20-2-1-3-25(16-20)35-28(37)19-6-10-22(32)11-7-19/h1-16,26-27H,17H2,(H,34,38)(H,35,37)/t26-,27+/m1/s1. The molecule has 5 rings (SSSR count). The number of rotatable bonds is 7. The Kier molecular flexibility index (Phi) is 7.50. The molecule has 0 spiro atoms. The third-order valence-corrected chi connectivity index (χ3v) is 6.31. The molecular formula is C30H22F3N3O4. The number of amides is 3. The summed E-state index contributed by atoms with van der Waals surface area (Å²) in [6.45, 7) is -0.0435. The second kappa shape index (κ2) is 11.3. The van der Waals surface area contributed by atoms with E-state index in [2.05, 4.69) is 10.6 Å². The maximum atomic E-state index is 13.5. The van der Waals surface area contributed by atoms with E-state index >= 15 is 0 Å². The van der Waals surface area contributed by atoms with Crippen LogP contribution in [0.25, 0.3) is 0 Å². The van der Waals surface area contributed by atoms with Gasteiger partial charge in [0.05, 0.1) is 6.54 Å². The van der Waals surface area contributed by atoms with Gasteiger partial charge in [0.1, 0.15) is 17.5 Å². The van der Waals surface area contributed by atoms with Gasteiger partial charge < -0.3 is 15.4 Å². The highest BCUT2D eigenvalue weighted by molar-refractivity contribution is 6.04. The fraction of sp³-hybridized carbons (Fsp3) is 0.100. The molecule has 1 aliphatic rings. The molecule has 1 fully saturated rings. The highest BCUT2D eigenvalue weighted by atomic mass is 19.1. The quantitative estimate of drug-likeness (QED) is 0.296. The van der Waals surface area contributed by atoms with E-state index in [0.717, 1.165) is 0 Å². The van der Waals surface area contributed by atoms with Crippen molar-refractivity contribution in [3.05, 3.63) is 131 Å². The summed E-state index contributed by atoms with van der Waals surface area (Å²) in [6, 6.07) is 20.9. The van der Waals surface area contributed by atoms with Crippen LogP contribution in [0.4, 0.5) is 29.3 Å². The fourth-order valence-electron chi connectivity index (χ4n) is 4.34. The van der Waals surface area contributed by atoms with Crippen molar-refractivity contribution in [1.29, 1.82) is 0 Å². The van der Waals surface area contributed by atoms with E-state index < -0.39 is 47.5 Å². The van der Waals surface area contributed by atoms with Crippen molar-refractivity contribution in [2.45, 2.75) is 18.7 Å². The molecule has 1 saturated heterocycles. The average molecular weight is 546 g/mol. The molecule has 0 unspecified atom stereocenters. The summed E-state index contributed by atoms with van der Waals surface area (Å²) in [7, 11) is 0. The van der Waals surface area contributed by atoms with Crippen molar-refractivity contribution in [1.82, 2.24) is 4.90 Å². The van der Waals surface area contributed by atoms with Crippen molar-refractivity contribution in [2.24, 2.45) is 0 Å². The van der Waals surface area contributed by atoms with Gasteiger partial charge in [0.15, 0.2) is 12.1 Å². The zero-order valence-electron chi connectivity index (χ0n) is 20.8. The molecule has 3 amide bonds. The lowest BCUT2D eigenvalue weighted by atomic mass is 10.00. The maximum Gasteiger partial charge on any atom is 0.411 e. The number of carbonyl (C=O) groups is 3. The first-order valence-electron chi connectivity index (χ1n) is 12.2. The van der Waals surface area contributed by atoms with Gasteiger partial charge in [-0.3, -0.25) is 14.5 Å². The molecule has 1 heterocycles. The Bertz CT molecular complexity index is 1540. The van der Waals surface area contributed by atoms with Crippen LogP contribution in [-0.2, 0) is 16.1 Å². The highest BCUT2D eigenvalue weighted by Gasteiger charge is 2.47. The molecular weight excluding hydrogens is 523 g/mol. The number of ether oxygens (including phenoxy) is 1. The van der Waals surface area contributed by atoms with Gasteiger partial charge >= 0.3 is 6.09 Å². The number of hydrogen-bond donors (Lipinski definition) is 2. The predicted octanol–water partition coefficient (Wildman–Crippen LogP) is 6.06. The van der Waals surface area contributed by atoms with Gasteiger partial charge in [-0.1, -0.05) is 24.3 Å². The second-order valence-electron chi connectivity index (χ2n) is 9.09. The van der Waals surface area contributed by atoms with Crippen LogP contribution in [0, 0.1) is 17.5 Å². The first-order chi connectivity index (χ1) is 19.3. The van der Waals surface area contributed by atoms with E-state index in [9.17, 15) is 27.6 Å². The summed E-state index contributed by atoms with van der Waals surface area (Å²) in [5.41, 5.74) is 1.90. The molecule has 10 heteroatoms. The topological polar surface area (TPSA) is 87.7 Å². The van der Waals surface area contributed by atoms with Gasteiger partial charge in [0.25, 0.3) is 11.8 Å². The molecule has 0 saturated carbocycles. The lowest BCUT2D eigenvalue weighted by Gasteiger charge is -2.24. The van der Waals surface area contributed by atoms with Crippen LogP contribution in [0.5, 0.6) is 0 Å². The monoisotopic (exact) mass is 545 g/mol. The van der Waals surface area contributed by atoms with Gasteiger partial charge in [-0.25, -0.2) is 18.0 Å². The fourth-order valence-corrected chi connectivity index (χ4v) is 4.34. The first-order valence-corrected chi connectivity index (χ1v) is 12.2. The van der Waals surface area contributed by atoms with Crippen LogP contribution in [0.3, 0.4) is 0 Å². The smallest absolute Gasteiger partial charge is 0.411 e. The summed E-state index contributed by atoms with van der Waals surface area (Å²) >= 11 is 0. The van der Waals surface area contributed by atoms with Gasteiger partial charge in [-0.2, -0.15) is 0 Å². The molecule has 0 aliphatic carbocycles. The van der Waals surface area contributed by atoms with Crippen LogP contribution in [0.15, 0.2) is 97.1 Å². The number of carbonyl (C=O) groups excluding carboxylic acids is 3. The number of anilines is 2. The van der Waals surface area contributed by atoms with Crippen LogP contribution in [-0.4, -0.2) is 28.8 Å². The van der Waals surface area contributed by atoms with E-state index in [-0.39, 0.29) is 12.1 Å². The minimum Gasteiger partial charge on any atom is -0.438 e. The lowest BCUT2D eigenvalue weighted by Crippen LogP contribution is -2.43. The zero-order valence-corrected chi connectivity index (χ0v) is 20.8. The van der Waals surface area contributed by atoms with E-state index in [0.29, 0.717) is 22.5 Å². The summed E-state index contributed by atoms with van der Waals surface area (Å²) in [4.78, 5) is 40.4. The molecule has 4 aromatic rings. The number of cyclic esters (lactones) is 1. The number of benzene rings is 4. The molecule has 2 N–H and O–H groups in total. The van der Waals surface area contributed by atoms with Crippen molar-refractivity contribution in [3.63, 3.8) is 0 Å². The third kappa shape index (κ3) is 5.96. The second-order valence-corrected chi connectivity index (χ2v) is 9.09. The summed E-state index contributed by atoms with van der Waals surface area (Å²) in [5.74, 6) is -2.48. The maximum absolute atomic E-state index is 13.5. The molecule has 2 atom stereocenters. The van der Waals surface area contributed by atoms with Crippen LogP contribution < -0.4 is 10.6 Å². The van der Waals surface area contributed by atoms with E-state index in [1.54, 1.807) is 24.3 Å². The lowest BCUT2D eigenvalue weighted by molar-refractivity contribution is -0.121. The molecule has 202 valence electrons. The Morgan fingerprint density at radius 3 is 2.00 bits per heavy atom. The Labute approximate surface area is 227 Å². The van der Waals surface area contributed by atoms with Crippen molar-refractivity contribution in [2.75, 3.05) is 10.6 Å². The molecule has 40 heavy (non-hydrogen) atoms. The summed E-state index contributed by atoms with van der Waals surface area (Å²) in [6.07, 6.45) is -1.84. The van der Waals surface area contributed by atoms with E-state index in [4.69, 9.17) is 4.74 Å². The molecule has 0 radical (unpaired) electrons. The van der Waals surface area contributed by atoms with E-state index in [1.807, 2.05) is 0 Å². The Morgan fingerprint density at radius 1 is 0.750 bits per heavy atom. The molecule has 7 nitrogen and oxygen atoms in total. The SMILES string of the molecule is O=C(Nc1cccc([C@@H]2OC(=O)N(Cc3ccc(F)cc3)[C@H]2C(=O)Nc2ccc(F)cc2)c1)c1ccc(F)cc1. The van der Waals surface area contributed by atoms with Crippen molar-refractivity contribution < 1.29 is 32.3 Å². The molecule has 4 aromatic carbocycles. The van der Waals surface area contributed by atoms with Gasteiger partial charge in [0, 0.05) is 16.9 Å². The molecule has 0 bridgehead atoms. The first kappa shape index (κ1) is 26.5. The van der Waals surface area contributed by atoms with Crippen LogP contribution in [0.1, 0.15) is 27.6 Å². The molecule has 0 aromatic heterocycles. The third-order valence-electron chi connectivity index (χ3n) is 6.31. The summed E-state index contributed by atoms with van der Waals surface area (Å²) in [5, 5.41) is 5.40. The van der Waals surface area contributed by atoms with Crippen molar-refractivity contribution in [3.8, 4) is 0 Å². The number of hydrogen-bond acceptors (Lipinski definition) is 4. The van der Waals surface area contributed by atoms with Gasteiger partial charge in [0.2, 0.25) is 0 Å². The Balaban J connectivity index is 1.43. The minimum atomic E-state index is -1.16. The number of nitrogens with zero attached hydrogens (tertiary/aromatic N) is 1. The van der Waals surface area contributed by atoms with Crippen LogP contribution in [0.2, 0.25) is 0 Å². The number of halogens is 3. The Hall–Kier alpha value is -5.12. The number of nitrogens with one attached hydrogen (secondary N) is 2. The minimum absolute atomic E-state index is 0.0435. The van der Waals surface area contributed by atoms with Gasteiger partial charge in [-0.05, 0) is 83.9 Å². The normalized spacial score (nSPS) is 16.4. The van der Waals surface area contributed by atoms with Crippen LogP contribution >= 0.6 is 0 Å². The largest absolute Gasteiger partial charge is 0.438 e. The average Bonchev–Trinajstić information content (AvgIpc) is 3.27. The van der Waals surface area contributed by atoms with Crippen molar-refractivity contribution >= 4 is 29.3 Å². The predicted molar refractivity (Wildman–Crippen MR) is 141 cm³/mol. The Morgan fingerprint density at radius 2 is 1.35 bits per heavy atom. The molecule has 1 aliphatic heterocycles. The summed E-state index contributed by atoms with van der Waals surface area (Å²) < 4.78 is 45.7. The van der Waals surface area contributed by atoms with Gasteiger partial charge in [-0.15, -0.1) is 0 Å². The highest BCUT2D eigenvalue weighted by Crippen LogP contribution is 2.35. The zero-order chi connectivity index (χ0) is 28.2. The van der Waals surface area contributed by atoms with E-state index in [1.165, 1.54) is 77.7 Å².